The van der Waals surface area contributed by atoms with Crippen molar-refractivity contribution in [3.8, 4) is 11.5 Å². The first-order chi connectivity index (χ1) is 13.5. The average molecular weight is 384 g/mol. The Morgan fingerprint density at radius 2 is 1.75 bits per heavy atom. The summed E-state index contributed by atoms with van der Waals surface area (Å²) < 4.78 is 10.8. The lowest BCUT2D eigenvalue weighted by Crippen LogP contribution is -2.50. The van der Waals surface area contributed by atoms with E-state index in [1.165, 1.54) is 0 Å². The Labute approximate surface area is 166 Å². The van der Waals surface area contributed by atoms with Gasteiger partial charge in [-0.15, -0.1) is 0 Å². The first kappa shape index (κ1) is 21.3. The summed E-state index contributed by atoms with van der Waals surface area (Å²) in [7, 11) is 1.60. The highest BCUT2D eigenvalue weighted by Gasteiger charge is 2.26. The van der Waals surface area contributed by atoms with Crippen LogP contribution in [-0.2, 0) is 4.79 Å². The van der Waals surface area contributed by atoms with Crippen molar-refractivity contribution in [2.75, 3.05) is 20.3 Å². The number of carbonyl (C=O) groups excluding carboxylic acids is 2. The maximum absolute atomic E-state index is 12.6. The van der Waals surface area contributed by atoms with Gasteiger partial charge in [-0.1, -0.05) is 44.5 Å². The Bertz CT molecular complexity index is 764. The van der Waals surface area contributed by atoms with Crippen LogP contribution in [0.25, 0.3) is 0 Å². The second-order valence-electron chi connectivity index (χ2n) is 6.52. The van der Waals surface area contributed by atoms with Crippen molar-refractivity contribution in [1.82, 2.24) is 10.6 Å². The first-order valence-electron chi connectivity index (χ1n) is 9.45. The number of amides is 2. The molecule has 2 aromatic rings. The topological polar surface area (TPSA) is 76.7 Å². The molecule has 2 unspecified atom stereocenters. The molecular weight excluding hydrogens is 356 g/mol. The largest absolute Gasteiger partial charge is 0.497 e. The van der Waals surface area contributed by atoms with E-state index in [9.17, 15) is 9.59 Å². The fourth-order valence-electron chi connectivity index (χ4n) is 2.66. The van der Waals surface area contributed by atoms with Crippen LogP contribution in [0.4, 0.5) is 0 Å². The van der Waals surface area contributed by atoms with Gasteiger partial charge in [-0.2, -0.15) is 0 Å². The number of carbonyl (C=O) groups is 2. The Hall–Kier alpha value is -3.02. The van der Waals surface area contributed by atoms with Crippen LogP contribution < -0.4 is 20.1 Å². The van der Waals surface area contributed by atoms with Crippen LogP contribution in [0, 0.1) is 5.92 Å². The molecule has 0 spiro atoms. The van der Waals surface area contributed by atoms with E-state index in [0.29, 0.717) is 30.2 Å². The molecule has 0 saturated heterocycles. The summed E-state index contributed by atoms with van der Waals surface area (Å²) >= 11 is 0. The third kappa shape index (κ3) is 6.30. The Balaban J connectivity index is 1.87. The minimum atomic E-state index is -0.602. The van der Waals surface area contributed by atoms with E-state index in [2.05, 4.69) is 10.6 Å². The van der Waals surface area contributed by atoms with E-state index in [-0.39, 0.29) is 17.7 Å². The van der Waals surface area contributed by atoms with E-state index in [4.69, 9.17) is 9.47 Å². The molecule has 28 heavy (non-hydrogen) atoms. The van der Waals surface area contributed by atoms with Gasteiger partial charge in [-0.25, -0.2) is 0 Å². The molecule has 0 saturated carbocycles. The number of hydrogen-bond donors (Lipinski definition) is 2. The molecule has 6 nitrogen and oxygen atoms in total. The van der Waals surface area contributed by atoms with Gasteiger partial charge in [0.1, 0.15) is 24.1 Å². The molecule has 0 heterocycles. The van der Waals surface area contributed by atoms with Crippen molar-refractivity contribution in [3.63, 3.8) is 0 Å². The van der Waals surface area contributed by atoms with Gasteiger partial charge in [0.25, 0.3) is 5.91 Å². The molecule has 6 heteroatoms. The van der Waals surface area contributed by atoms with Crippen LogP contribution in [0.3, 0.4) is 0 Å². The van der Waals surface area contributed by atoms with Gasteiger partial charge >= 0.3 is 0 Å². The van der Waals surface area contributed by atoms with Gasteiger partial charge in [0.15, 0.2) is 0 Å². The molecule has 0 aliphatic heterocycles. The van der Waals surface area contributed by atoms with Crippen molar-refractivity contribution < 1.29 is 19.1 Å². The molecule has 0 radical (unpaired) electrons. The molecule has 2 amide bonds. The van der Waals surface area contributed by atoms with Crippen molar-refractivity contribution >= 4 is 11.8 Å². The van der Waals surface area contributed by atoms with Crippen LogP contribution in [-0.4, -0.2) is 38.1 Å². The maximum Gasteiger partial charge on any atom is 0.251 e. The van der Waals surface area contributed by atoms with E-state index >= 15 is 0 Å². The van der Waals surface area contributed by atoms with E-state index < -0.39 is 6.04 Å². The minimum Gasteiger partial charge on any atom is -0.497 e. The highest BCUT2D eigenvalue weighted by Crippen LogP contribution is 2.18. The Morgan fingerprint density at radius 3 is 2.43 bits per heavy atom. The summed E-state index contributed by atoms with van der Waals surface area (Å²) in [6, 6.07) is 15.6. The average Bonchev–Trinajstić information content (AvgIpc) is 2.74. The Kier molecular flexibility index (Phi) is 8.34. The van der Waals surface area contributed by atoms with Crippen molar-refractivity contribution in [2.24, 2.45) is 5.92 Å². The molecule has 2 aromatic carbocycles. The highest BCUT2D eigenvalue weighted by molar-refractivity contribution is 5.97. The quantitative estimate of drug-likeness (QED) is 0.618. The van der Waals surface area contributed by atoms with E-state index in [0.717, 1.165) is 6.42 Å². The molecular formula is C22H28N2O4. The molecule has 0 aliphatic carbocycles. The van der Waals surface area contributed by atoms with Crippen LogP contribution in [0.5, 0.6) is 11.5 Å². The summed E-state index contributed by atoms with van der Waals surface area (Å²) in [6.07, 6.45) is 0.771. The summed E-state index contributed by atoms with van der Waals surface area (Å²) in [6.45, 7) is 4.59. The second-order valence-corrected chi connectivity index (χ2v) is 6.52. The maximum atomic E-state index is 12.6. The number of benzene rings is 2. The van der Waals surface area contributed by atoms with Crippen molar-refractivity contribution in [2.45, 2.75) is 26.3 Å². The molecule has 150 valence electrons. The zero-order valence-electron chi connectivity index (χ0n) is 16.6. The number of methoxy groups -OCH3 is 1. The lowest BCUT2D eigenvalue weighted by molar-refractivity contribution is -0.124. The number of hydrogen-bond acceptors (Lipinski definition) is 4. The van der Waals surface area contributed by atoms with Gasteiger partial charge in [0, 0.05) is 11.6 Å². The molecule has 0 fully saturated rings. The summed E-state index contributed by atoms with van der Waals surface area (Å²) in [4.78, 5) is 25.0. The van der Waals surface area contributed by atoms with Crippen LogP contribution in [0.1, 0.15) is 30.6 Å². The molecule has 0 aliphatic rings. The number of nitrogens with one attached hydrogen (secondary N) is 2. The molecule has 2 atom stereocenters. The Morgan fingerprint density at radius 1 is 1.04 bits per heavy atom. The van der Waals surface area contributed by atoms with Crippen LogP contribution in [0.15, 0.2) is 54.6 Å². The van der Waals surface area contributed by atoms with Gasteiger partial charge in [-0.05, 0) is 30.2 Å². The van der Waals surface area contributed by atoms with Crippen LogP contribution in [0.2, 0.25) is 0 Å². The van der Waals surface area contributed by atoms with Crippen LogP contribution >= 0.6 is 0 Å². The predicted octanol–water partition coefficient (Wildman–Crippen LogP) is 3.03. The summed E-state index contributed by atoms with van der Waals surface area (Å²) in [5, 5.41) is 5.69. The second kappa shape index (κ2) is 11.0. The molecule has 0 bridgehead atoms. The third-order valence-corrected chi connectivity index (χ3v) is 4.53. The zero-order chi connectivity index (χ0) is 20.4. The standard InChI is InChI=1S/C22H28N2O4/c1-4-16(2)20(24-21(25)17-9-6-5-7-10-17)22(26)23-13-14-28-19-12-8-11-18(15-19)27-3/h5-12,15-16,20H,4,13-14H2,1-3H3,(H,23,26)(H,24,25). The monoisotopic (exact) mass is 384 g/mol. The third-order valence-electron chi connectivity index (χ3n) is 4.53. The fourth-order valence-corrected chi connectivity index (χ4v) is 2.66. The molecule has 2 rings (SSSR count). The predicted molar refractivity (Wildman–Crippen MR) is 109 cm³/mol. The van der Waals surface area contributed by atoms with Gasteiger partial charge in [0.2, 0.25) is 5.91 Å². The normalized spacial score (nSPS) is 12.5. The summed E-state index contributed by atoms with van der Waals surface area (Å²) in [5.41, 5.74) is 0.532. The summed E-state index contributed by atoms with van der Waals surface area (Å²) in [5.74, 6) is 0.917. The van der Waals surface area contributed by atoms with E-state index in [1.807, 2.05) is 38.1 Å². The fraction of sp³-hybridized carbons (Fsp3) is 0.364. The van der Waals surface area contributed by atoms with Gasteiger partial charge < -0.3 is 20.1 Å². The van der Waals surface area contributed by atoms with Crippen molar-refractivity contribution in [3.05, 3.63) is 60.2 Å². The van der Waals surface area contributed by atoms with Gasteiger partial charge in [0.05, 0.1) is 13.7 Å². The van der Waals surface area contributed by atoms with Gasteiger partial charge in [-0.3, -0.25) is 9.59 Å². The molecule has 2 N–H and O–H groups in total. The SMILES string of the molecule is CCC(C)C(NC(=O)c1ccccc1)C(=O)NCCOc1cccc(OC)c1. The lowest BCUT2D eigenvalue weighted by Gasteiger charge is -2.23. The number of rotatable bonds is 10. The first-order valence-corrected chi connectivity index (χ1v) is 9.45. The minimum absolute atomic E-state index is 0.00645. The van der Waals surface area contributed by atoms with Crippen molar-refractivity contribution in [1.29, 1.82) is 0 Å². The lowest BCUT2D eigenvalue weighted by atomic mass is 9.98. The molecule has 0 aromatic heterocycles. The smallest absolute Gasteiger partial charge is 0.251 e. The highest BCUT2D eigenvalue weighted by atomic mass is 16.5. The van der Waals surface area contributed by atoms with E-state index in [1.54, 1.807) is 37.4 Å². The number of ether oxygens (including phenoxy) is 2. The zero-order valence-corrected chi connectivity index (χ0v) is 16.6.